The van der Waals surface area contributed by atoms with Gasteiger partial charge < -0.3 is 19.4 Å². The minimum atomic E-state index is -0.473. The van der Waals surface area contributed by atoms with Gasteiger partial charge in [0.15, 0.2) is 6.54 Å². The van der Waals surface area contributed by atoms with Gasteiger partial charge in [-0.05, 0) is 51.2 Å². The summed E-state index contributed by atoms with van der Waals surface area (Å²) >= 11 is 0. The first-order chi connectivity index (χ1) is 15.3. The van der Waals surface area contributed by atoms with Gasteiger partial charge in [-0.25, -0.2) is 4.79 Å². The molecular weight excluding hydrogens is 406 g/mol. The number of carbonyl (C=O) groups excluding carboxylic acids is 3. The summed E-state index contributed by atoms with van der Waals surface area (Å²) < 4.78 is 5.46. The molecule has 1 fully saturated rings. The average Bonchev–Trinajstić information content (AvgIpc) is 2.79. The third-order valence-corrected chi connectivity index (χ3v) is 6.53. The van der Waals surface area contributed by atoms with Gasteiger partial charge >= 0.3 is 5.97 Å². The molecule has 7 heteroatoms. The number of likely N-dealkylation sites (N-methyl/N-ethyl adjacent to an activating group) is 1. The van der Waals surface area contributed by atoms with E-state index in [0.717, 1.165) is 57.4 Å². The van der Waals surface area contributed by atoms with Gasteiger partial charge in [-0.15, -0.1) is 0 Å². The fourth-order valence-electron chi connectivity index (χ4n) is 4.79. The lowest BCUT2D eigenvalue weighted by atomic mass is 9.93. The summed E-state index contributed by atoms with van der Waals surface area (Å²) in [4.78, 5) is 40.5. The lowest BCUT2D eigenvalue weighted by Gasteiger charge is -2.43. The summed E-state index contributed by atoms with van der Waals surface area (Å²) in [7, 11) is 1.33. The van der Waals surface area contributed by atoms with Gasteiger partial charge in [0, 0.05) is 13.1 Å². The van der Waals surface area contributed by atoms with Crippen molar-refractivity contribution in [1.29, 1.82) is 0 Å². The molecule has 1 heterocycles. The molecule has 178 valence electrons. The summed E-state index contributed by atoms with van der Waals surface area (Å²) in [6, 6.07) is 5.29. The van der Waals surface area contributed by atoms with Crippen LogP contribution in [0.5, 0.6) is 0 Å². The zero-order valence-corrected chi connectivity index (χ0v) is 20.4. The van der Waals surface area contributed by atoms with Crippen LogP contribution in [0.25, 0.3) is 0 Å². The van der Waals surface area contributed by atoms with E-state index in [1.165, 1.54) is 7.11 Å². The standard InChI is InChI=1S/C25H39N3O4/c1-6-14-27(15-7-2)24(30)20-12-10-16-28(8-3,17-20)18-22(29)26-23-19(4)11-9-13-21(23)25(31)32-5/h9,11,13,20H,6-8,10,12,14-18H2,1-5H3/p+1. The minimum Gasteiger partial charge on any atom is -0.465 e. The number of piperidine rings is 1. The number of amides is 2. The summed E-state index contributed by atoms with van der Waals surface area (Å²) in [5.41, 5.74) is 1.66. The molecule has 32 heavy (non-hydrogen) atoms. The lowest BCUT2D eigenvalue weighted by Crippen LogP contribution is -2.59. The largest absolute Gasteiger partial charge is 0.465 e. The van der Waals surface area contributed by atoms with E-state index < -0.39 is 5.97 Å². The van der Waals surface area contributed by atoms with Crippen LogP contribution in [0.1, 0.15) is 62.4 Å². The molecule has 2 rings (SSSR count). The van der Waals surface area contributed by atoms with Gasteiger partial charge in [0.1, 0.15) is 0 Å². The first kappa shape index (κ1) is 25.8. The predicted octanol–water partition coefficient (Wildman–Crippen LogP) is 3.62. The fourth-order valence-corrected chi connectivity index (χ4v) is 4.79. The van der Waals surface area contributed by atoms with Crippen LogP contribution in [0.2, 0.25) is 0 Å². The van der Waals surface area contributed by atoms with Crippen molar-refractivity contribution in [3.05, 3.63) is 29.3 Å². The molecule has 1 aliphatic heterocycles. The van der Waals surface area contributed by atoms with Crippen LogP contribution in [0.3, 0.4) is 0 Å². The van der Waals surface area contributed by atoms with Gasteiger partial charge in [0.25, 0.3) is 5.91 Å². The number of carbonyl (C=O) groups is 3. The third-order valence-electron chi connectivity index (χ3n) is 6.53. The Labute approximate surface area is 192 Å². The van der Waals surface area contributed by atoms with E-state index in [4.69, 9.17) is 4.74 Å². The van der Waals surface area contributed by atoms with E-state index in [2.05, 4.69) is 26.1 Å². The Morgan fingerprint density at radius 2 is 1.84 bits per heavy atom. The monoisotopic (exact) mass is 446 g/mol. The molecule has 7 nitrogen and oxygen atoms in total. The van der Waals surface area contributed by atoms with Crippen molar-refractivity contribution in [1.82, 2.24) is 4.90 Å². The van der Waals surface area contributed by atoms with E-state index >= 15 is 0 Å². The number of likely N-dealkylation sites (tertiary alicyclic amines) is 1. The first-order valence-corrected chi connectivity index (χ1v) is 11.9. The van der Waals surface area contributed by atoms with Gasteiger partial charge in [0.2, 0.25) is 5.91 Å². The van der Waals surface area contributed by atoms with Gasteiger partial charge in [-0.1, -0.05) is 26.0 Å². The Morgan fingerprint density at radius 3 is 2.44 bits per heavy atom. The second kappa shape index (κ2) is 12.0. The van der Waals surface area contributed by atoms with E-state index in [1.807, 2.05) is 17.9 Å². The lowest BCUT2D eigenvalue weighted by molar-refractivity contribution is -0.925. The van der Waals surface area contributed by atoms with Crippen molar-refractivity contribution in [3.8, 4) is 0 Å². The van der Waals surface area contributed by atoms with E-state index in [-0.39, 0.29) is 24.3 Å². The molecule has 1 saturated heterocycles. The van der Waals surface area contributed by atoms with Gasteiger partial charge in [0.05, 0.1) is 43.9 Å². The summed E-state index contributed by atoms with van der Waals surface area (Å²) in [6.45, 7) is 12.4. The summed E-state index contributed by atoms with van der Waals surface area (Å²) in [6.07, 6.45) is 3.72. The molecule has 2 atom stereocenters. The Balaban J connectivity index is 2.16. The molecule has 0 aromatic heterocycles. The molecule has 1 N–H and O–H groups in total. The summed E-state index contributed by atoms with van der Waals surface area (Å²) in [5, 5.41) is 2.96. The van der Waals surface area contributed by atoms with Crippen molar-refractivity contribution in [2.45, 2.75) is 53.4 Å². The fraction of sp³-hybridized carbons (Fsp3) is 0.640. The predicted molar refractivity (Wildman–Crippen MR) is 126 cm³/mol. The molecular formula is C25H40N3O4+. The van der Waals surface area contributed by atoms with Gasteiger partial charge in [-0.2, -0.15) is 0 Å². The molecule has 0 radical (unpaired) electrons. The first-order valence-electron chi connectivity index (χ1n) is 11.9. The number of para-hydroxylation sites is 1. The highest BCUT2D eigenvalue weighted by Gasteiger charge is 2.40. The van der Waals surface area contributed by atoms with Crippen LogP contribution in [-0.4, -0.2) is 73.5 Å². The van der Waals surface area contributed by atoms with Crippen molar-refractivity contribution >= 4 is 23.5 Å². The minimum absolute atomic E-state index is 0.0429. The number of hydrogen-bond acceptors (Lipinski definition) is 4. The molecule has 2 unspecified atom stereocenters. The normalized spacial score (nSPS) is 20.5. The number of anilines is 1. The second-order valence-corrected chi connectivity index (χ2v) is 8.92. The SMILES string of the molecule is CCCN(CCC)C(=O)C1CCC[N+](CC)(CC(=O)Nc2c(C)cccc2C(=O)OC)C1. The quantitative estimate of drug-likeness (QED) is 0.440. The number of nitrogens with one attached hydrogen (secondary N) is 1. The Bertz CT molecular complexity index is 804. The number of benzene rings is 1. The molecule has 0 aliphatic carbocycles. The Morgan fingerprint density at radius 1 is 1.16 bits per heavy atom. The maximum atomic E-state index is 13.2. The van der Waals surface area contributed by atoms with Crippen LogP contribution in [-0.2, 0) is 14.3 Å². The number of hydrogen-bond donors (Lipinski definition) is 1. The average molecular weight is 447 g/mol. The number of ether oxygens (including phenoxy) is 1. The number of esters is 1. The Hall–Kier alpha value is -2.41. The third kappa shape index (κ3) is 6.31. The van der Waals surface area contributed by atoms with Crippen molar-refractivity contribution in [2.24, 2.45) is 5.92 Å². The second-order valence-electron chi connectivity index (χ2n) is 8.92. The van der Waals surface area contributed by atoms with Gasteiger partial charge in [-0.3, -0.25) is 9.59 Å². The number of nitrogens with zero attached hydrogens (tertiary/aromatic N) is 2. The number of methoxy groups -OCH3 is 1. The highest BCUT2D eigenvalue weighted by molar-refractivity contribution is 6.02. The molecule has 0 bridgehead atoms. The molecule has 0 saturated carbocycles. The van der Waals surface area contributed by atoms with Crippen molar-refractivity contribution < 1.29 is 23.6 Å². The van der Waals surface area contributed by atoms with E-state index in [1.54, 1.807) is 12.1 Å². The summed E-state index contributed by atoms with van der Waals surface area (Å²) in [5.74, 6) is -0.423. The number of rotatable bonds is 10. The zero-order valence-electron chi connectivity index (χ0n) is 20.4. The number of aryl methyl sites for hydroxylation is 1. The molecule has 1 aliphatic rings. The molecule has 1 aromatic rings. The van der Waals surface area contributed by atoms with E-state index in [9.17, 15) is 14.4 Å². The topological polar surface area (TPSA) is 75.7 Å². The van der Waals surface area contributed by atoms with Crippen molar-refractivity contribution in [3.63, 3.8) is 0 Å². The van der Waals surface area contributed by atoms with Crippen LogP contribution in [0, 0.1) is 12.8 Å². The van der Waals surface area contributed by atoms with Crippen molar-refractivity contribution in [2.75, 3.05) is 51.7 Å². The maximum absolute atomic E-state index is 13.2. The highest BCUT2D eigenvalue weighted by Crippen LogP contribution is 2.27. The highest BCUT2D eigenvalue weighted by atomic mass is 16.5. The molecule has 1 aromatic carbocycles. The van der Waals surface area contributed by atoms with Crippen LogP contribution >= 0.6 is 0 Å². The maximum Gasteiger partial charge on any atom is 0.339 e. The molecule has 0 spiro atoms. The molecule has 2 amide bonds. The zero-order chi connectivity index (χ0) is 23.7. The van der Waals surface area contributed by atoms with Crippen LogP contribution in [0.15, 0.2) is 18.2 Å². The van der Waals surface area contributed by atoms with Crippen LogP contribution < -0.4 is 5.32 Å². The smallest absolute Gasteiger partial charge is 0.339 e. The van der Waals surface area contributed by atoms with E-state index in [0.29, 0.717) is 22.3 Å². The Kier molecular flexibility index (Phi) is 9.69. The number of quaternary nitrogens is 1. The van der Waals surface area contributed by atoms with Crippen LogP contribution in [0.4, 0.5) is 5.69 Å².